The zero-order valence-corrected chi connectivity index (χ0v) is 9.19. The van der Waals surface area contributed by atoms with Gasteiger partial charge in [-0.3, -0.25) is 9.11 Å². The Hall–Kier alpha value is -1.50. The molecule has 16 heavy (non-hydrogen) atoms. The van der Waals surface area contributed by atoms with Crippen molar-refractivity contribution >= 4 is 22.6 Å². The first-order valence-corrected chi connectivity index (χ1v) is 5.99. The van der Waals surface area contributed by atoms with Crippen LogP contribution in [0.4, 0.5) is 0 Å². The molecule has 0 aliphatic carbocycles. The molecule has 0 amide bonds. The molecule has 0 spiro atoms. The van der Waals surface area contributed by atoms with Gasteiger partial charge in [-0.1, -0.05) is 0 Å². The van der Waals surface area contributed by atoms with Crippen LogP contribution < -0.4 is 4.74 Å². The number of benzene rings is 1. The van der Waals surface area contributed by atoms with Crippen molar-refractivity contribution in [2.75, 3.05) is 7.11 Å². The quantitative estimate of drug-likeness (QED) is 0.741. The maximum atomic E-state index is 10.9. The highest BCUT2D eigenvalue weighted by Crippen LogP contribution is 2.58. The molecule has 0 atom stereocenters. The number of aromatic carboxylic acids is 1. The van der Waals surface area contributed by atoms with E-state index in [9.17, 15) is 13.9 Å². The van der Waals surface area contributed by atoms with Crippen LogP contribution in [0.2, 0.25) is 0 Å². The van der Waals surface area contributed by atoms with Gasteiger partial charge in [-0.2, -0.15) is 0 Å². The summed E-state index contributed by atoms with van der Waals surface area (Å²) in [5.41, 5.74) is 0.422. The second-order valence-electron chi connectivity index (χ2n) is 3.26. The zero-order chi connectivity index (χ0) is 11.9. The fourth-order valence-electron chi connectivity index (χ4n) is 1.63. The second kappa shape index (κ2) is 3.51. The number of ether oxygens (including phenoxy) is 1. The minimum Gasteiger partial charge on any atom is -0.495 e. The zero-order valence-electron chi connectivity index (χ0n) is 8.38. The van der Waals surface area contributed by atoms with Crippen molar-refractivity contribution in [3.8, 4) is 5.75 Å². The number of hydrogen-bond acceptors (Lipinski definition) is 4. The molecule has 3 N–H and O–H groups in total. The molecule has 0 saturated carbocycles. The van der Waals surface area contributed by atoms with Gasteiger partial charge in [-0.15, -0.1) is 10.6 Å². The lowest BCUT2D eigenvalue weighted by atomic mass is 10.1. The summed E-state index contributed by atoms with van der Waals surface area (Å²) in [4.78, 5) is 11.2. The Bertz CT molecular complexity index is 492. The number of carboxylic acid groups (broad SMARTS) is 1. The normalized spacial score (nSPS) is 17.9. The van der Waals surface area contributed by atoms with Gasteiger partial charge in [0.25, 0.3) is 0 Å². The molecule has 1 heterocycles. The van der Waals surface area contributed by atoms with Gasteiger partial charge < -0.3 is 9.84 Å². The van der Waals surface area contributed by atoms with Crippen LogP contribution in [0.5, 0.6) is 5.75 Å². The van der Waals surface area contributed by atoms with Crippen LogP contribution in [-0.2, 0) is 0 Å². The molecule has 2 rings (SSSR count). The first-order chi connectivity index (χ1) is 7.47. The van der Waals surface area contributed by atoms with Crippen molar-refractivity contribution < 1.29 is 23.7 Å². The molecule has 6 heteroatoms. The summed E-state index contributed by atoms with van der Waals surface area (Å²) in [5, 5.41) is 10.2. The third kappa shape index (κ3) is 1.47. The average molecular weight is 242 g/mol. The van der Waals surface area contributed by atoms with Crippen LogP contribution in [0, 0.1) is 0 Å². The molecular formula is C10H10O5S. The molecule has 0 unspecified atom stereocenters. The molecule has 1 aliphatic heterocycles. The van der Waals surface area contributed by atoms with Crippen LogP contribution in [0.25, 0.3) is 6.08 Å². The fraction of sp³-hybridized carbons (Fsp3) is 0.100. The van der Waals surface area contributed by atoms with Gasteiger partial charge >= 0.3 is 5.97 Å². The molecule has 0 radical (unpaired) electrons. The molecule has 1 aromatic carbocycles. The van der Waals surface area contributed by atoms with E-state index in [-0.39, 0.29) is 11.3 Å². The third-order valence-electron chi connectivity index (χ3n) is 2.34. The number of carboxylic acids is 1. The van der Waals surface area contributed by atoms with E-state index < -0.39 is 16.6 Å². The van der Waals surface area contributed by atoms with Gasteiger partial charge in [0.2, 0.25) is 0 Å². The van der Waals surface area contributed by atoms with E-state index in [4.69, 9.17) is 9.84 Å². The van der Waals surface area contributed by atoms with Crippen molar-refractivity contribution in [1.29, 1.82) is 0 Å². The predicted octanol–water partition coefficient (Wildman–Crippen LogP) is 2.49. The molecule has 1 aliphatic rings. The van der Waals surface area contributed by atoms with Gasteiger partial charge in [0, 0.05) is 11.0 Å². The fourth-order valence-corrected chi connectivity index (χ4v) is 2.85. The molecule has 86 valence electrons. The number of fused-ring (bicyclic) bond motifs is 1. The Labute approximate surface area is 93.3 Å². The van der Waals surface area contributed by atoms with Gasteiger partial charge in [0.1, 0.15) is 11.3 Å². The van der Waals surface area contributed by atoms with E-state index in [1.807, 2.05) is 0 Å². The summed E-state index contributed by atoms with van der Waals surface area (Å²) in [6.07, 6.45) is 1.47. The first kappa shape index (κ1) is 11.0. The molecule has 0 saturated heterocycles. The molecule has 1 aromatic rings. The maximum absolute atomic E-state index is 10.9. The maximum Gasteiger partial charge on any atom is 0.339 e. The van der Waals surface area contributed by atoms with Gasteiger partial charge in [0.15, 0.2) is 0 Å². The lowest BCUT2D eigenvalue weighted by Crippen LogP contribution is -2.03. The standard InChI is InChI=1S/C10H10O5S/c1-15-9-6-4-5-16(13,14)8(6)3-2-7(9)10(11)12/h2-5,13-14H,1H3,(H,11,12). The summed E-state index contributed by atoms with van der Waals surface area (Å²) < 4.78 is 24.3. The Balaban J connectivity index is 2.69. The summed E-state index contributed by atoms with van der Waals surface area (Å²) in [6, 6.07) is 2.71. The smallest absolute Gasteiger partial charge is 0.339 e. The minimum atomic E-state index is -2.93. The van der Waals surface area contributed by atoms with E-state index in [1.165, 1.54) is 30.7 Å². The molecule has 0 fully saturated rings. The second-order valence-corrected chi connectivity index (χ2v) is 5.16. The highest BCUT2D eigenvalue weighted by molar-refractivity contribution is 8.27. The Morgan fingerprint density at radius 1 is 1.38 bits per heavy atom. The average Bonchev–Trinajstić information content (AvgIpc) is 2.53. The monoisotopic (exact) mass is 242 g/mol. The lowest BCUT2D eigenvalue weighted by Gasteiger charge is -2.25. The summed E-state index contributed by atoms with van der Waals surface area (Å²) >= 11 is 0. The van der Waals surface area contributed by atoms with E-state index >= 15 is 0 Å². The minimum absolute atomic E-state index is 0.00278. The van der Waals surface area contributed by atoms with E-state index in [0.29, 0.717) is 10.5 Å². The van der Waals surface area contributed by atoms with Crippen LogP contribution in [0.3, 0.4) is 0 Å². The number of hydrogen-bond donors (Lipinski definition) is 3. The van der Waals surface area contributed by atoms with Crippen molar-refractivity contribution in [3.63, 3.8) is 0 Å². The van der Waals surface area contributed by atoms with Crippen molar-refractivity contribution in [2.24, 2.45) is 0 Å². The molecule has 5 nitrogen and oxygen atoms in total. The number of rotatable bonds is 2. The molecular weight excluding hydrogens is 232 g/mol. The van der Waals surface area contributed by atoms with Gasteiger partial charge in [-0.25, -0.2) is 4.79 Å². The Morgan fingerprint density at radius 2 is 2.06 bits per heavy atom. The Kier molecular flexibility index (Phi) is 2.42. The highest BCUT2D eigenvalue weighted by atomic mass is 32.3. The van der Waals surface area contributed by atoms with Crippen LogP contribution in [-0.4, -0.2) is 27.3 Å². The predicted molar refractivity (Wildman–Crippen MR) is 60.1 cm³/mol. The topological polar surface area (TPSA) is 87.0 Å². The third-order valence-corrected chi connectivity index (χ3v) is 3.86. The van der Waals surface area contributed by atoms with Crippen molar-refractivity contribution in [1.82, 2.24) is 0 Å². The largest absolute Gasteiger partial charge is 0.495 e. The Morgan fingerprint density at radius 3 is 2.62 bits per heavy atom. The van der Waals surface area contributed by atoms with Crippen LogP contribution >= 0.6 is 10.6 Å². The molecule has 0 bridgehead atoms. The number of methoxy groups -OCH3 is 1. The van der Waals surface area contributed by atoms with Crippen LogP contribution in [0.15, 0.2) is 22.4 Å². The van der Waals surface area contributed by atoms with E-state index in [0.717, 1.165) is 0 Å². The van der Waals surface area contributed by atoms with Gasteiger partial charge in [-0.05, 0) is 18.2 Å². The summed E-state index contributed by atoms with van der Waals surface area (Å²) in [5.74, 6) is -0.963. The first-order valence-electron chi connectivity index (χ1n) is 4.38. The SMILES string of the molecule is COc1c(C(=O)O)ccc2c1C=CS2(O)O. The lowest BCUT2D eigenvalue weighted by molar-refractivity contribution is 0.0693. The van der Waals surface area contributed by atoms with E-state index in [1.54, 1.807) is 0 Å². The highest BCUT2D eigenvalue weighted by Gasteiger charge is 2.27. The summed E-state index contributed by atoms with van der Waals surface area (Å²) in [6.45, 7) is 0. The van der Waals surface area contributed by atoms with Gasteiger partial charge in [0.05, 0.1) is 12.0 Å². The van der Waals surface area contributed by atoms with Crippen LogP contribution in [0.1, 0.15) is 15.9 Å². The number of carbonyl (C=O) groups is 1. The molecule has 0 aromatic heterocycles. The van der Waals surface area contributed by atoms with Crippen molar-refractivity contribution in [2.45, 2.75) is 4.90 Å². The van der Waals surface area contributed by atoms with Crippen molar-refractivity contribution in [3.05, 3.63) is 28.7 Å². The summed E-state index contributed by atoms with van der Waals surface area (Å²) in [7, 11) is -1.59. The van der Waals surface area contributed by atoms with E-state index in [2.05, 4.69) is 0 Å².